The maximum Gasteiger partial charge on any atom is 0.193 e. The lowest BCUT2D eigenvalue weighted by Crippen LogP contribution is -2.53. The number of rotatable bonds is 4. The summed E-state index contributed by atoms with van der Waals surface area (Å²) in [5.41, 5.74) is 6.43. The number of nitrogens with one attached hydrogen (secondary N) is 1. The van der Waals surface area contributed by atoms with Crippen LogP contribution >= 0.6 is 24.0 Å². The molecule has 0 spiro atoms. The SMILES string of the molecule is CN=C(NCCc1ccc(C)nc1)N1CCN(c2cccc(C)c2C)CC1.I. The Balaban J connectivity index is 0.00000280. The summed E-state index contributed by atoms with van der Waals surface area (Å²) in [7, 11) is 1.87. The van der Waals surface area contributed by atoms with Crippen molar-refractivity contribution in [2.45, 2.75) is 27.2 Å². The van der Waals surface area contributed by atoms with Gasteiger partial charge < -0.3 is 15.1 Å². The van der Waals surface area contributed by atoms with Crippen LogP contribution in [-0.2, 0) is 6.42 Å². The minimum Gasteiger partial charge on any atom is -0.368 e. The molecule has 1 N–H and O–H groups in total. The van der Waals surface area contributed by atoms with Gasteiger partial charge in [-0.15, -0.1) is 24.0 Å². The zero-order valence-electron chi connectivity index (χ0n) is 17.4. The van der Waals surface area contributed by atoms with Crippen LogP contribution in [0.25, 0.3) is 0 Å². The van der Waals surface area contributed by atoms with E-state index in [4.69, 9.17) is 0 Å². The van der Waals surface area contributed by atoms with Gasteiger partial charge in [0, 0.05) is 57.3 Å². The first-order chi connectivity index (χ1) is 13.1. The van der Waals surface area contributed by atoms with Crippen LogP contribution in [-0.4, -0.2) is 55.6 Å². The first-order valence-corrected chi connectivity index (χ1v) is 9.77. The van der Waals surface area contributed by atoms with Gasteiger partial charge >= 0.3 is 0 Å². The van der Waals surface area contributed by atoms with E-state index < -0.39 is 0 Å². The molecule has 1 aliphatic rings. The number of pyridine rings is 1. The van der Waals surface area contributed by atoms with Gasteiger partial charge in [0.2, 0.25) is 0 Å². The molecule has 1 fully saturated rings. The summed E-state index contributed by atoms with van der Waals surface area (Å²) in [6.45, 7) is 11.3. The summed E-state index contributed by atoms with van der Waals surface area (Å²) in [5.74, 6) is 0.996. The molecule has 152 valence electrons. The van der Waals surface area contributed by atoms with E-state index >= 15 is 0 Å². The van der Waals surface area contributed by atoms with E-state index in [2.05, 4.69) is 69.3 Å². The third-order valence-corrected chi connectivity index (χ3v) is 5.38. The van der Waals surface area contributed by atoms with E-state index in [1.54, 1.807) is 0 Å². The maximum atomic E-state index is 4.48. The molecule has 1 aromatic carbocycles. The van der Waals surface area contributed by atoms with E-state index in [1.165, 1.54) is 22.4 Å². The zero-order valence-corrected chi connectivity index (χ0v) is 19.7. The number of aryl methyl sites for hydroxylation is 2. The Bertz CT molecular complexity index is 780. The minimum absolute atomic E-state index is 0. The Hall–Kier alpha value is -1.83. The van der Waals surface area contributed by atoms with Crippen molar-refractivity contribution in [1.29, 1.82) is 0 Å². The predicted octanol–water partition coefficient (Wildman–Crippen LogP) is 3.56. The number of hydrogen-bond acceptors (Lipinski definition) is 3. The van der Waals surface area contributed by atoms with Crippen LogP contribution in [0.1, 0.15) is 22.4 Å². The van der Waals surface area contributed by atoms with Gasteiger partial charge in [-0.25, -0.2) is 0 Å². The molecule has 1 saturated heterocycles. The van der Waals surface area contributed by atoms with Crippen molar-refractivity contribution in [2.75, 3.05) is 44.7 Å². The lowest BCUT2D eigenvalue weighted by Gasteiger charge is -2.38. The molecule has 0 radical (unpaired) electrons. The van der Waals surface area contributed by atoms with Gasteiger partial charge in [0.1, 0.15) is 0 Å². The third kappa shape index (κ3) is 5.59. The van der Waals surface area contributed by atoms with Gasteiger partial charge in [-0.3, -0.25) is 9.98 Å². The standard InChI is InChI=1S/C22H31N5.HI/c1-17-6-5-7-21(19(17)3)26-12-14-27(15-13-26)22(23-4)24-11-10-20-9-8-18(2)25-16-20;/h5-9,16H,10-15H2,1-4H3,(H,23,24);1H. The molecule has 2 heterocycles. The summed E-state index contributed by atoms with van der Waals surface area (Å²) in [4.78, 5) is 13.7. The number of aromatic nitrogens is 1. The van der Waals surface area contributed by atoms with Gasteiger partial charge in [-0.2, -0.15) is 0 Å². The molecule has 0 aliphatic carbocycles. The van der Waals surface area contributed by atoms with Crippen LogP contribution in [0.3, 0.4) is 0 Å². The number of piperazine rings is 1. The Labute approximate surface area is 186 Å². The molecule has 3 rings (SSSR count). The third-order valence-electron chi connectivity index (χ3n) is 5.38. The number of guanidine groups is 1. The van der Waals surface area contributed by atoms with Crippen LogP contribution in [0, 0.1) is 20.8 Å². The first-order valence-electron chi connectivity index (χ1n) is 9.77. The second kappa shape index (κ2) is 10.6. The van der Waals surface area contributed by atoms with Crippen molar-refractivity contribution in [3.05, 3.63) is 58.9 Å². The Morgan fingerprint density at radius 3 is 2.46 bits per heavy atom. The van der Waals surface area contributed by atoms with Crippen molar-refractivity contribution in [2.24, 2.45) is 4.99 Å². The van der Waals surface area contributed by atoms with Crippen molar-refractivity contribution in [1.82, 2.24) is 15.2 Å². The minimum atomic E-state index is 0. The maximum absolute atomic E-state index is 4.48. The molecule has 0 amide bonds. The molecule has 1 aliphatic heterocycles. The smallest absolute Gasteiger partial charge is 0.193 e. The lowest BCUT2D eigenvalue weighted by molar-refractivity contribution is 0.372. The molecule has 6 heteroatoms. The number of hydrogen-bond donors (Lipinski definition) is 1. The van der Waals surface area contributed by atoms with Crippen LogP contribution in [0.5, 0.6) is 0 Å². The normalized spacial score (nSPS) is 14.6. The number of anilines is 1. The second-order valence-corrected chi connectivity index (χ2v) is 7.22. The molecule has 5 nitrogen and oxygen atoms in total. The molecule has 0 saturated carbocycles. The van der Waals surface area contributed by atoms with Crippen molar-refractivity contribution < 1.29 is 0 Å². The van der Waals surface area contributed by atoms with Crippen LogP contribution < -0.4 is 10.2 Å². The van der Waals surface area contributed by atoms with Gasteiger partial charge in [0.15, 0.2) is 5.96 Å². The van der Waals surface area contributed by atoms with E-state index in [9.17, 15) is 0 Å². The molecule has 0 atom stereocenters. The van der Waals surface area contributed by atoms with E-state index in [-0.39, 0.29) is 24.0 Å². The van der Waals surface area contributed by atoms with Crippen molar-refractivity contribution >= 4 is 35.6 Å². The fourth-order valence-corrected chi connectivity index (χ4v) is 3.53. The Morgan fingerprint density at radius 1 is 1.07 bits per heavy atom. The summed E-state index contributed by atoms with van der Waals surface area (Å²) in [5, 5.41) is 3.51. The fraction of sp³-hybridized carbons (Fsp3) is 0.455. The molecule has 28 heavy (non-hydrogen) atoms. The average Bonchev–Trinajstić information content (AvgIpc) is 2.69. The summed E-state index contributed by atoms with van der Waals surface area (Å²) >= 11 is 0. The van der Waals surface area contributed by atoms with Crippen LogP contribution in [0.2, 0.25) is 0 Å². The molecule has 0 unspecified atom stereocenters. The topological polar surface area (TPSA) is 43.8 Å². The highest BCUT2D eigenvalue weighted by atomic mass is 127. The van der Waals surface area contributed by atoms with E-state index in [0.717, 1.165) is 50.8 Å². The van der Waals surface area contributed by atoms with Crippen LogP contribution in [0.15, 0.2) is 41.5 Å². The van der Waals surface area contributed by atoms with Gasteiger partial charge in [-0.05, 0) is 56.0 Å². The molecule has 2 aromatic rings. The first kappa shape index (κ1) is 22.5. The van der Waals surface area contributed by atoms with Gasteiger partial charge in [0.25, 0.3) is 0 Å². The number of nitrogens with zero attached hydrogens (tertiary/aromatic N) is 4. The largest absolute Gasteiger partial charge is 0.368 e. The van der Waals surface area contributed by atoms with Gasteiger partial charge in [-0.1, -0.05) is 18.2 Å². The number of halogens is 1. The summed E-state index contributed by atoms with van der Waals surface area (Å²) in [6, 6.07) is 10.8. The predicted molar refractivity (Wildman–Crippen MR) is 129 cm³/mol. The molecule has 0 bridgehead atoms. The Kier molecular flexibility index (Phi) is 8.54. The highest BCUT2D eigenvalue weighted by molar-refractivity contribution is 14.0. The monoisotopic (exact) mass is 493 g/mol. The number of aliphatic imine (C=N–C) groups is 1. The molecular weight excluding hydrogens is 461 g/mol. The Morgan fingerprint density at radius 2 is 1.82 bits per heavy atom. The van der Waals surface area contributed by atoms with Crippen molar-refractivity contribution in [3.63, 3.8) is 0 Å². The fourth-order valence-electron chi connectivity index (χ4n) is 3.53. The average molecular weight is 493 g/mol. The van der Waals surface area contributed by atoms with E-state index in [1.807, 2.05) is 20.2 Å². The van der Waals surface area contributed by atoms with E-state index in [0.29, 0.717) is 0 Å². The zero-order chi connectivity index (χ0) is 19.2. The second-order valence-electron chi connectivity index (χ2n) is 7.22. The van der Waals surface area contributed by atoms with Gasteiger partial charge in [0.05, 0.1) is 0 Å². The summed E-state index contributed by atoms with van der Waals surface area (Å²) in [6.07, 6.45) is 2.91. The van der Waals surface area contributed by atoms with Crippen molar-refractivity contribution in [3.8, 4) is 0 Å². The quantitative estimate of drug-likeness (QED) is 0.402. The highest BCUT2D eigenvalue weighted by Crippen LogP contribution is 2.23. The highest BCUT2D eigenvalue weighted by Gasteiger charge is 2.20. The summed E-state index contributed by atoms with van der Waals surface area (Å²) < 4.78 is 0. The lowest BCUT2D eigenvalue weighted by atomic mass is 10.1. The molecular formula is C22H32IN5. The molecule has 1 aromatic heterocycles. The number of benzene rings is 1. The van der Waals surface area contributed by atoms with Crippen LogP contribution in [0.4, 0.5) is 5.69 Å².